The first-order valence-corrected chi connectivity index (χ1v) is 5.09. The van der Waals surface area contributed by atoms with Crippen molar-refractivity contribution in [2.24, 2.45) is 0 Å². The summed E-state index contributed by atoms with van der Waals surface area (Å²) >= 11 is 0. The van der Waals surface area contributed by atoms with Crippen molar-refractivity contribution in [2.75, 3.05) is 0 Å². The third-order valence-corrected chi connectivity index (χ3v) is 2.56. The van der Waals surface area contributed by atoms with Crippen LogP contribution in [-0.4, -0.2) is 11.0 Å². The number of hydrogen-bond donors (Lipinski definition) is 1. The summed E-state index contributed by atoms with van der Waals surface area (Å²) in [5.41, 5.74) is 1.24. The van der Waals surface area contributed by atoms with Gasteiger partial charge < -0.3 is 5.11 Å². The van der Waals surface area contributed by atoms with Gasteiger partial charge in [-0.3, -0.25) is 0 Å². The number of aliphatic hydroxyl groups excluding tert-OH is 1. The topological polar surface area (TPSA) is 20.2 Å². The van der Waals surface area contributed by atoms with Crippen LogP contribution in [0.3, 0.4) is 0 Å². The second-order valence-corrected chi connectivity index (χ2v) is 3.82. The maximum Gasteiger partial charge on any atom is 0.270 e. The molecule has 0 aliphatic heterocycles. The lowest BCUT2D eigenvalue weighted by molar-refractivity contribution is 0.0561. The van der Waals surface area contributed by atoms with Crippen molar-refractivity contribution in [2.45, 2.75) is 18.4 Å². The molecule has 2 rings (SSSR count). The van der Waals surface area contributed by atoms with Gasteiger partial charge in [0.2, 0.25) is 0 Å². The van der Waals surface area contributed by atoms with Crippen molar-refractivity contribution in [3.8, 4) is 0 Å². The van der Waals surface area contributed by atoms with E-state index >= 15 is 0 Å². The molecule has 0 bridgehead atoms. The van der Waals surface area contributed by atoms with Crippen molar-refractivity contribution in [1.82, 2.24) is 0 Å². The van der Waals surface area contributed by atoms with Gasteiger partial charge in [0.25, 0.3) is 5.92 Å². The summed E-state index contributed by atoms with van der Waals surface area (Å²) < 4.78 is 25.7. The third kappa shape index (κ3) is 2.36. The Hall–Kier alpha value is -1.48. The highest BCUT2D eigenvalue weighted by molar-refractivity contribution is 5.35. The molecular formula is C13H12F2O. The Morgan fingerprint density at radius 2 is 1.88 bits per heavy atom. The van der Waals surface area contributed by atoms with Crippen LogP contribution in [0.15, 0.2) is 54.1 Å². The number of benzene rings is 1. The van der Waals surface area contributed by atoms with E-state index in [1.807, 2.05) is 6.07 Å². The monoisotopic (exact) mass is 222 g/mol. The first kappa shape index (κ1) is 11.0. The minimum Gasteiger partial charge on any atom is -0.384 e. The van der Waals surface area contributed by atoms with Gasteiger partial charge in [-0.15, -0.1) is 0 Å². The van der Waals surface area contributed by atoms with E-state index in [4.69, 9.17) is 0 Å². The second kappa shape index (κ2) is 4.18. The molecule has 1 aliphatic carbocycles. The Morgan fingerprint density at radius 3 is 2.44 bits per heavy atom. The van der Waals surface area contributed by atoms with Crippen molar-refractivity contribution in [1.29, 1.82) is 0 Å². The quantitative estimate of drug-likeness (QED) is 0.814. The van der Waals surface area contributed by atoms with Gasteiger partial charge in [-0.25, -0.2) is 8.78 Å². The zero-order chi connectivity index (χ0) is 11.6. The Labute approximate surface area is 92.7 Å². The number of aliphatic hydroxyl groups is 1. The third-order valence-electron chi connectivity index (χ3n) is 2.56. The molecule has 0 spiro atoms. The van der Waals surface area contributed by atoms with E-state index in [2.05, 4.69) is 0 Å². The Bertz CT molecular complexity index is 421. The molecule has 1 aromatic rings. The van der Waals surface area contributed by atoms with Gasteiger partial charge in [0, 0.05) is 6.42 Å². The standard InChI is InChI=1S/C13H12F2O/c14-13(15)8-6-11(7-9-13)12(16)10-4-2-1-3-5-10/h1-8,12,16H,9H2. The van der Waals surface area contributed by atoms with E-state index < -0.39 is 12.0 Å². The van der Waals surface area contributed by atoms with Crippen LogP contribution in [0, 0.1) is 0 Å². The van der Waals surface area contributed by atoms with E-state index in [0.717, 1.165) is 6.08 Å². The summed E-state index contributed by atoms with van der Waals surface area (Å²) in [6.07, 6.45) is 2.35. The molecule has 1 unspecified atom stereocenters. The predicted molar refractivity (Wildman–Crippen MR) is 58.2 cm³/mol. The largest absolute Gasteiger partial charge is 0.384 e. The van der Waals surface area contributed by atoms with Crippen LogP contribution in [0.25, 0.3) is 0 Å². The van der Waals surface area contributed by atoms with Crippen LogP contribution < -0.4 is 0 Å². The predicted octanol–water partition coefficient (Wildman–Crippen LogP) is 3.24. The molecule has 84 valence electrons. The fourth-order valence-corrected chi connectivity index (χ4v) is 1.64. The number of halogens is 2. The number of rotatable bonds is 2. The SMILES string of the molecule is OC(C1=CCC(F)(F)C=C1)c1ccccc1. The first-order valence-electron chi connectivity index (χ1n) is 5.09. The first-order chi connectivity index (χ1) is 7.58. The molecule has 0 heterocycles. The number of allylic oxidation sites excluding steroid dienone is 2. The number of alkyl halides is 2. The van der Waals surface area contributed by atoms with Crippen LogP contribution in [0.5, 0.6) is 0 Å². The molecule has 0 saturated heterocycles. The fraction of sp³-hybridized carbons (Fsp3) is 0.231. The highest BCUT2D eigenvalue weighted by Gasteiger charge is 2.27. The van der Waals surface area contributed by atoms with Crippen LogP contribution >= 0.6 is 0 Å². The lowest BCUT2D eigenvalue weighted by atomic mass is 9.95. The van der Waals surface area contributed by atoms with E-state index in [1.54, 1.807) is 24.3 Å². The summed E-state index contributed by atoms with van der Waals surface area (Å²) in [7, 11) is 0. The molecule has 0 radical (unpaired) electrons. The lowest BCUT2D eigenvalue weighted by Gasteiger charge is -2.19. The van der Waals surface area contributed by atoms with Crippen molar-refractivity contribution in [3.63, 3.8) is 0 Å². The minimum absolute atomic E-state index is 0.345. The van der Waals surface area contributed by atoms with Crippen molar-refractivity contribution >= 4 is 0 Å². The minimum atomic E-state index is -2.78. The highest BCUT2D eigenvalue weighted by Crippen LogP contribution is 2.31. The Morgan fingerprint density at radius 1 is 1.19 bits per heavy atom. The second-order valence-electron chi connectivity index (χ2n) is 3.82. The van der Waals surface area contributed by atoms with Gasteiger partial charge in [0.05, 0.1) is 0 Å². The van der Waals surface area contributed by atoms with Gasteiger partial charge in [-0.2, -0.15) is 0 Å². The van der Waals surface area contributed by atoms with E-state index in [1.165, 1.54) is 12.2 Å². The smallest absolute Gasteiger partial charge is 0.270 e. The zero-order valence-electron chi connectivity index (χ0n) is 8.61. The van der Waals surface area contributed by atoms with E-state index in [9.17, 15) is 13.9 Å². The maximum absolute atomic E-state index is 12.8. The summed E-state index contributed by atoms with van der Waals surface area (Å²) in [6.45, 7) is 0. The normalized spacial score (nSPS) is 20.3. The molecule has 1 N–H and O–H groups in total. The molecule has 0 aromatic heterocycles. The Kier molecular flexibility index (Phi) is 2.88. The van der Waals surface area contributed by atoms with Crippen molar-refractivity contribution < 1.29 is 13.9 Å². The van der Waals surface area contributed by atoms with Crippen molar-refractivity contribution in [3.05, 3.63) is 59.7 Å². The van der Waals surface area contributed by atoms with Gasteiger partial charge in [-0.1, -0.05) is 42.5 Å². The molecule has 0 amide bonds. The summed E-state index contributed by atoms with van der Waals surface area (Å²) in [6, 6.07) is 8.99. The van der Waals surface area contributed by atoms with Gasteiger partial charge >= 0.3 is 0 Å². The zero-order valence-corrected chi connectivity index (χ0v) is 8.61. The van der Waals surface area contributed by atoms with Crippen LogP contribution in [0.2, 0.25) is 0 Å². The van der Waals surface area contributed by atoms with Gasteiger partial charge in [0.1, 0.15) is 6.10 Å². The van der Waals surface area contributed by atoms with Gasteiger partial charge in [-0.05, 0) is 17.2 Å². The molecule has 1 aliphatic rings. The fourth-order valence-electron chi connectivity index (χ4n) is 1.64. The molecule has 3 heteroatoms. The Balaban J connectivity index is 2.17. The van der Waals surface area contributed by atoms with Gasteiger partial charge in [0.15, 0.2) is 0 Å². The average Bonchev–Trinajstić information content (AvgIpc) is 2.29. The summed E-state index contributed by atoms with van der Waals surface area (Å²) in [5.74, 6) is -2.78. The van der Waals surface area contributed by atoms with E-state index in [-0.39, 0.29) is 6.42 Å². The molecule has 1 nitrogen and oxygen atoms in total. The molecule has 16 heavy (non-hydrogen) atoms. The lowest BCUT2D eigenvalue weighted by Crippen LogP contribution is -2.15. The van der Waals surface area contributed by atoms with E-state index in [0.29, 0.717) is 11.1 Å². The highest BCUT2D eigenvalue weighted by atomic mass is 19.3. The maximum atomic E-state index is 12.8. The molecule has 0 saturated carbocycles. The van der Waals surface area contributed by atoms with Crippen LogP contribution in [0.1, 0.15) is 18.1 Å². The summed E-state index contributed by atoms with van der Waals surface area (Å²) in [5, 5.41) is 9.95. The summed E-state index contributed by atoms with van der Waals surface area (Å²) in [4.78, 5) is 0. The molecule has 1 atom stereocenters. The molecular weight excluding hydrogens is 210 g/mol. The van der Waals surface area contributed by atoms with Crippen LogP contribution in [-0.2, 0) is 0 Å². The number of hydrogen-bond acceptors (Lipinski definition) is 1. The molecule has 0 fully saturated rings. The van der Waals surface area contributed by atoms with Crippen LogP contribution in [0.4, 0.5) is 8.78 Å². The molecule has 1 aromatic carbocycles. The average molecular weight is 222 g/mol.